The number of benzene rings is 1. The van der Waals surface area contributed by atoms with Crippen molar-refractivity contribution in [1.82, 2.24) is 24.0 Å². The quantitative estimate of drug-likeness (QED) is 0.696. The summed E-state index contributed by atoms with van der Waals surface area (Å²) >= 11 is 0. The fourth-order valence-corrected chi connectivity index (χ4v) is 3.04. The van der Waals surface area contributed by atoms with Gasteiger partial charge in [0.15, 0.2) is 11.2 Å². The number of fused-ring (bicyclic) bond motifs is 1. The molecule has 0 aliphatic rings. The van der Waals surface area contributed by atoms with Crippen molar-refractivity contribution < 1.29 is 4.79 Å². The number of likely N-dealkylation sites (N-methyl/N-ethyl adjacent to an activating group) is 1. The molecule has 8 nitrogen and oxygen atoms in total. The topological polar surface area (TPSA) is 90.9 Å². The van der Waals surface area contributed by atoms with Crippen LogP contribution < -0.4 is 16.6 Å². The Morgan fingerprint density at radius 1 is 1.15 bits per heavy atom. The van der Waals surface area contributed by atoms with Crippen LogP contribution in [-0.2, 0) is 24.4 Å². The summed E-state index contributed by atoms with van der Waals surface area (Å²) in [6.07, 6.45) is 1.58. The van der Waals surface area contributed by atoms with Crippen molar-refractivity contribution in [2.45, 2.75) is 33.5 Å². The summed E-state index contributed by atoms with van der Waals surface area (Å²) in [6, 6.07) is 9.46. The molecule has 0 fully saturated rings. The number of hydrogen-bond acceptors (Lipinski definition) is 4. The molecule has 0 spiro atoms. The third kappa shape index (κ3) is 3.69. The van der Waals surface area contributed by atoms with Crippen LogP contribution >= 0.6 is 0 Å². The van der Waals surface area contributed by atoms with Crippen LogP contribution in [0.5, 0.6) is 0 Å². The second-order valence-corrected chi connectivity index (χ2v) is 6.88. The van der Waals surface area contributed by atoms with Gasteiger partial charge in [0, 0.05) is 13.6 Å². The van der Waals surface area contributed by atoms with E-state index in [1.165, 1.54) is 11.6 Å². The van der Waals surface area contributed by atoms with E-state index < -0.39 is 17.2 Å². The summed E-state index contributed by atoms with van der Waals surface area (Å²) in [7, 11) is 1.47. The first-order valence-electron chi connectivity index (χ1n) is 8.85. The summed E-state index contributed by atoms with van der Waals surface area (Å²) in [5.41, 5.74) is 0.533. The van der Waals surface area contributed by atoms with E-state index in [2.05, 4.69) is 10.3 Å². The minimum absolute atomic E-state index is 0.267. The Kier molecular flexibility index (Phi) is 5.25. The van der Waals surface area contributed by atoms with Crippen LogP contribution in [0, 0.1) is 5.92 Å². The molecule has 0 aliphatic heterocycles. The summed E-state index contributed by atoms with van der Waals surface area (Å²) in [4.78, 5) is 42.2. The van der Waals surface area contributed by atoms with Gasteiger partial charge in [0.25, 0.3) is 5.56 Å². The number of imidazole rings is 1. The minimum Gasteiger partial charge on any atom is -0.358 e. The van der Waals surface area contributed by atoms with Crippen LogP contribution in [0.3, 0.4) is 0 Å². The van der Waals surface area contributed by atoms with E-state index in [9.17, 15) is 14.4 Å². The Morgan fingerprint density at radius 2 is 1.85 bits per heavy atom. The standard InChI is InChI=1S/C19H23N5O3/c1-13(2)9-22-12-21-17-16(22)18(26)24(11-15(25)20-3)19(27)23(17)10-14-7-5-4-6-8-14/h4-8,12-13H,9-11H2,1-3H3,(H,20,25). The van der Waals surface area contributed by atoms with Crippen molar-refractivity contribution >= 4 is 17.1 Å². The third-order valence-electron chi connectivity index (χ3n) is 4.31. The van der Waals surface area contributed by atoms with Gasteiger partial charge in [-0.3, -0.25) is 14.2 Å². The largest absolute Gasteiger partial charge is 0.358 e. The molecular formula is C19H23N5O3. The van der Waals surface area contributed by atoms with Gasteiger partial charge < -0.3 is 9.88 Å². The van der Waals surface area contributed by atoms with E-state index in [0.717, 1.165) is 10.1 Å². The highest BCUT2D eigenvalue weighted by atomic mass is 16.2. The zero-order valence-electron chi connectivity index (χ0n) is 15.7. The highest BCUT2D eigenvalue weighted by Crippen LogP contribution is 2.11. The Bertz CT molecular complexity index is 1080. The van der Waals surface area contributed by atoms with Crippen LogP contribution in [0.15, 0.2) is 46.2 Å². The average molecular weight is 369 g/mol. The summed E-state index contributed by atoms with van der Waals surface area (Å²) in [6.45, 7) is 4.60. The molecule has 0 unspecified atom stereocenters. The van der Waals surface area contributed by atoms with Gasteiger partial charge in [-0.25, -0.2) is 14.3 Å². The molecule has 0 saturated heterocycles. The van der Waals surface area contributed by atoms with E-state index in [4.69, 9.17) is 0 Å². The fourth-order valence-electron chi connectivity index (χ4n) is 3.04. The van der Waals surface area contributed by atoms with E-state index >= 15 is 0 Å². The number of nitrogens with zero attached hydrogens (tertiary/aromatic N) is 4. The van der Waals surface area contributed by atoms with Gasteiger partial charge in [-0.05, 0) is 11.5 Å². The number of carbonyl (C=O) groups excluding carboxylic acids is 1. The maximum Gasteiger partial charge on any atom is 0.333 e. The predicted octanol–water partition coefficient (Wildman–Crippen LogP) is 0.810. The first-order valence-corrected chi connectivity index (χ1v) is 8.85. The third-order valence-corrected chi connectivity index (χ3v) is 4.31. The van der Waals surface area contributed by atoms with Crippen molar-refractivity contribution in [3.05, 3.63) is 63.1 Å². The van der Waals surface area contributed by atoms with Gasteiger partial charge in [0.1, 0.15) is 6.54 Å². The van der Waals surface area contributed by atoms with Crippen molar-refractivity contribution in [3.8, 4) is 0 Å². The van der Waals surface area contributed by atoms with E-state index in [-0.39, 0.29) is 13.1 Å². The lowest BCUT2D eigenvalue weighted by molar-refractivity contribution is -0.121. The Morgan fingerprint density at radius 3 is 2.48 bits per heavy atom. The van der Waals surface area contributed by atoms with E-state index in [1.807, 2.05) is 44.2 Å². The van der Waals surface area contributed by atoms with Crippen molar-refractivity contribution in [3.63, 3.8) is 0 Å². The summed E-state index contributed by atoms with van der Waals surface area (Å²) in [5.74, 6) is -0.113. The highest BCUT2D eigenvalue weighted by molar-refractivity contribution is 5.76. The second kappa shape index (κ2) is 7.61. The summed E-state index contributed by atoms with van der Waals surface area (Å²) in [5, 5.41) is 2.46. The zero-order valence-corrected chi connectivity index (χ0v) is 15.7. The molecule has 142 valence electrons. The molecule has 0 aliphatic carbocycles. The first-order chi connectivity index (χ1) is 12.9. The lowest BCUT2D eigenvalue weighted by atomic mass is 10.2. The average Bonchev–Trinajstić information content (AvgIpc) is 3.05. The van der Waals surface area contributed by atoms with Gasteiger partial charge in [0.2, 0.25) is 5.91 Å². The monoisotopic (exact) mass is 369 g/mol. The van der Waals surface area contributed by atoms with Crippen LogP contribution in [0.2, 0.25) is 0 Å². The molecule has 1 amide bonds. The predicted molar refractivity (Wildman–Crippen MR) is 103 cm³/mol. The van der Waals surface area contributed by atoms with Crippen LogP contribution in [0.1, 0.15) is 19.4 Å². The van der Waals surface area contributed by atoms with Crippen LogP contribution in [0.25, 0.3) is 11.2 Å². The number of rotatable bonds is 6. The molecule has 3 rings (SSSR count). The van der Waals surface area contributed by atoms with Gasteiger partial charge >= 0.3 is 5.69 Å². The van der Waals surface area contributed by atoms with Gasteiger partial charge in [-0.1, -0.05) is 44.2 Å². The molecule has 2 aromatic heterocycles. The van der Waals surface area contributed by atoms with E-state index in [1.54, 1.807) is 10.9 Å². The number of amides is 1. The maximum absolute atomic E-state index is 13.0. The van der Waals surface area contributed by atoms with Crippen LogP contribution in [-0.4, -0.2) is 31.6 Å². The fraction of sp³-hybridized carbons (Fsp3) is 0.368. The Balaban J connectivity index is 2.26. The summed E-state index contributed by atoms with van der Waals surface area (Å²) < 4.78 is 4.18. The van der Waals surface area contributed by atoms with Gasteiger partial charge in [-0.15, -0.1) is 0 Å². The lowest BCUT2D eigenvalue weighted by Crippen LogP contribution is -2.44. The molecule has 2 heterocycles. The molecule has 1 aromatic carbocycles. The van der Waals surface area contributed by atoms with Crippen molar-refractivity contribution in [2.75, 3.05) is 7.05 Å². The lowest BCUT2D eigenvalue weighted by Gasteiger charge is -2.13. The van der Waals surface area contributed by atoms with Gasteiger partial charge in [0.05, 0.1) is 12.9 Å². The number of nitrogens with one attached hydrogen (secondary N) is 1. The molecule has 27 heavy (non-hydrogen) atoms. The van der Waals surface area contributed by atoms with Crippen molar-refractivity contribution in [2.24, 2.45) is 5.92 Å². The molecule has 3 aromatic rings. The Labute approximate surface area is 156 Å². The maximum atomic E-state index is 13.0. The number of aromatic nitrogens is 4. The normalized spacial score (nSPS) is 11.3. The molecular weight excluding hydrogens is 346 g/mol. The molecule has 1 N–H and O–H groups in total. The number of hydrogen-bond donors (Lipinski definition) is 1. The first kappa shape index (κ1) is 18.6. The Hall–Kier alpha value is -3.16. The van der Waals surface area contributed by atoms with Crippen molar-refractivity contribution in [1.29, 1.82) is 0 Å². The van der Waals surface area contributed by atoms with E-state index in [0.29, 0.717) is 23.6 Å². The molecule has 0 saturated carbocycles. The number of carbonyl (C=O) groups is 1. The molecule has 0 radical (unpaired) electrons. The smallest absolute Gasteiger partial charge is 0.333 e. The zero-order chi connectivity index (χ0) is 19.6. The molecule has 8 heteroatoms. The molecule has 0 atom stereocenters. The second-order valence-electron chi connectivity index (χ2n) is 6.88. The minimum atomic E-state index is -0.547. The highest BCUT2D eigenvalue weighted by Gasteiger charge is 2.19. The van der Waals surface area contributed by atoms with Crippen LogP contribution in [0.4, 0.5) is 0 Å². The SMILES string of the molecule is CNC(=O)Cn1c(=O)c2c(ncn2CC(C)C)n(Cc2ccccc2)c1=O. The molecule has 0 bridgehead atoms. The van der Waals surface area contributed by atoms with Gasteiger partial charge in [-0.2, -0.15) is 0 Å².